The first-order valence-corrected chi connectivity index (χ1v) is 7.21. The van der Waals surface area contributed by atoms with Crippen LogP contribution in [0.15, 0.2) is 12.3 Å². The van der Waals surface area contributed by atoms with Crippen molar-refractivity contribution in [3.63, 3.8) is 0 Å². The number of hydrogen-bond donors (Lipinski definition) is 2. The van der Waals surface area contributed by atoms with Gasteiger partial charge in [0.1, 0.15) is 5.82 Å². The van der Waals surface area contributed by atoms with Gasteiger partial charge in [0.2, 0.25) is 5.91 Å². The first-order chi connectivity index (χ1) is 9.97. The van der Waals surface area contributed by atoms with Gasteiger partial charge in [-0.1, -0.05) is 0 Å². The number of anilines is 1. The largest absolute Gasteiger partial charge is 0.481 e. The Bertz CT molecular complexity index is 510. The molecule has 116 valence electrons. The van der Waals surface area contributed by atoms with E-state index >= 15 is 0 Å². The summed E-state index contributed by atoms with van der Waals surface area (Å²) in [6, 6.07) is 2.08. The highest BCUT2D eigenvalue weighted by atomic mass is 16.4. The fraction of sp³-hybridized carbons (Fsp3) is 0.643. The third-order valence-corrected chi connectivity index (χ3v) is 3.75. The van der Waals surface area contributed by atoms with Gasteiger partial charge in [-0.15, -0.1) is 0 Å². The normalized spacial score (nSPS) is 16.0. The Morgan fingerprint density at radius 1 is 1.57 bits per heavy atom. The highest BCUT2D eigenvalue weighted by Crippen LogP contribution is 2.40. The minimum Gasteiger partial charge on any atom is -0.481 e. The number of likely N-dealkylation sites (N-methyl/N-ethyl adjacent to an activating group) is 1. The molecule has 0 bridgehead atoms. The third-order valence-electron chi connectivity index (χ3n) is 3.75. The summed E-state index contributed by atoms with van der Waals surface area (Å²) in [6.45, 7) is 2.62. The number of carboxylic acid groups (broad SMARTS) is 1. The Kier molecular flexibility index (Phi) is 4.95. The molecule has 1 amide bonds. The van der Waals surface area contributed by atoms with E-state index in [-0.39, 0.29) is 18.9 Å². The molecule has 2 N–H and O–H groups in total. The standard InChI is InChI=1S/C14H22N4O3/c1-10(11-3-4-11)18-12(5-7-15-18)16-13(19)9-17(2)8-6-14(20)21/h5,7,10-11H,3-4,6,8-9H2,1-2H3,(H,16,19)(H,20,21). The average Bonchev–Trinajstić information content (AvgIpc) is 3.16. The van der Waals surface area contributed by atoms with Crippen LogP contribution < -0.4 is 5.32 Å². The molecule has 0 spiro atoms. The van der Waals surface area contributed by atoms with Crippen molar-refractivity contribution in [1.82, 2.24) is 14.7 Å². The molecular formula is C14H22N4O3. The molecule has 1 aliphatic carbocycles. The second-order valence-corrected chi connectivity index (χ2v) is 5.67. The molecule has 1 heterocycles. The van der Waals surface area contributed by atoms with Gasteiger partial charge in [-0.05, 0) is 32.7 Å². The van der Waals surface area contributed by atoms with E-state index in [1.165, 1.54) is 12.8 Å². The fourth-order valence-corrected chi connectivity index (χ4v) is 2.31. The third kappa shape index (κ3) is 4.56. The number of aromatic nitrogens is 2. The zero-order chi connectivity index (χ0) is 15.4. The van der Waals surface area contributed by atoms with Gasteiger partial charge in [-0.3, -0.25) is 14.5 Å². The molecule has 0 aromatic carbocycles. The number of hydrogen-bond acceptors (Lipinski definition) is 4. The van der Waals surface area contributed by atoms with Crippen LogP contribution in [0.3, 0.4) is 0 Å². The molecule has 1 aromatic rings. The monoisotopic (exact) mass is 294 g/mol. The summed E-state index contributed by atoms with van der Waals surface area (Å²) in [5.74, 6) is 0.330. The summed E-state index contributed by atoms with van der Waals surface area (Å²) in [6.07, 6.45) is 4.14. The molecule has 0 saturated heterocycles. The van der Waals surface area contributed by atoms with Crippen molar-refractivity contribution < 1.29 is 14.7 Å². The Balaban J connectivity index is 1.85. The Morgan fingerprint density at radius 2 is 2.29 bits per heavy atom. The highest BCUT2D eigenvalue weighted by molar-refractivity contribution is 5.91. The summed E-state index contributed by atoms with van der Waals surface area (Å²) in [4.78, 5) is 24.2. The number of nitrogens with zero attached hydrogens (tertiary/aromatic N) is 3. The predicted molar refractivity (Wildman–Crippen MR) is 78.0 cm³/mol. The summed E-state index contributed by atoms with van der Waals surface area (Å²) in [7, 11) is 1.73. The van der Waals surface area contributed by atoms with Crippen LogP contribution in [0.25, 0.3) is 0 Å². The van der Waals surface area contributed by atoms with Crippen molar-refractivity contribution in [2.75, 3.05) is 25.5 Å². The lowest BCUT2D eigenvalue weighted by Crippen LogP contribution is -2.32. The van der Waals surface area contributed by atoms with Crippen molar-refractivity contribution in [3.8, 4) is 0 Å². The van der Waals surface area contributed by atoms with E-state index < -0.39 is 5.97 Å². The minimum absolute atomic E-state index is 0.0282. The molecule has 21 heavy (non-hydrogen) atoms. The van der Waals surface area contributed by atoms with E-state index in [1.54, 1.807) is 24.2 Å². The molecular weight excluding hydrogens is 272 g/mol. The molecule has 1 aromatic heterocycles. The second kappa shape index (κ2) is 6.71. The van der Waals surface area contributed by atoms with Crippen LogP contribution in [0.2, 0.25) is 0 Å². The first-order valence-electron chi connectivity index (χ1n) is 7.21. The van der Waals surface area contributed by atoms with E-state index in [1.807, 2.05) is 4.68 Å². The summed E-state index contributed by atoms with van der Waals surface area (Å²) < 4.78 is 1.85. The molecule has 0 radical (unpaired) electrons. The van der Waals surface area contributed by atoms with Crippen molar-refractivity contribution >= 4 is 17.7 Å². The van der Waals surface area contributed by atoms with E-state index in [2.05, 4.69) is 17.3 Å². The summed E-state index contributed by atoms with van der Waals surface area (Å²) in [5, 5.41) is 15.7. The molecule has 7 heteroatoms. The maximum absolute atomic E-state index is 12.0. The molecule has 1 saturated carbocycles. The van der Waals surface area contributed by atoms with E-state index in [0.29, 0.717) is 24.3 Å². The predicted octanol–water partition coefficient (Wildman–Crippen LogP) is 1.20. The number of aliphatic carboxylic acids is 1. The molecule has 2 rings (SSSR count). The van der Waals surface area contributed by atoms with Crippen molar-refractivity contribution in [1.29, 1.82) is 0 Å². The van der Waals surface area contributed by atoms with Gasteiger partial charge >= 0.3 is 5.97 Å². The maximum Gasteiger partial charge on any atom is 0.304 e. The fourth-order valence-electron chi connectivity index (χ4n) is 2.31. The zero-order valence-corrected chi connectivity index (χ0v) is 12.5. The number of carboxylic acids is 1. The number of amides is 1. The SMILES string of the molecule is CC(C1CC1)n1nccc1NC(=O)CN(C)CCC(=O)O. The first kappa shape index (κ1) is 15.5. The van der Waals surface area contributed by atoms with Crippen LogP contribution >= 0.6 is 0 Å². The molecule has 1 unspecified atom stereocenters. The van der Waals surface area contributed by atoms with Gasteiger partial charge in [-0.25, -0.2) is 4.68 Å². The number of carbonyl (C=O) groups is 2. The Hall–Kier alpha value is -1.89. The van der Waals surface area contributed by atoms with E-state index in [4.69, 9.17) is 5.11 Å². The van der Waals surface area contributed by atoms with Crippen LogP contribution in [-0.2, 0) is 9.59 Å². The van der Waals surface area contributed by atoms with Gasteiger partial charge in [-0.2, -0.15) is 5.10 Å². The number of carbonyl (C=O) groups excluding carboxylic acids is 1. The lowest BCUT2D eigenvalue weighted by atomic mass is 10.2. The Labute approximate surface area is 123 Å². The van der Waals surface area contributed by atoms with Crippen LogP contribution in [0.5, 0.6) is 0 Å². The lowest BCUT2D eigenvalue weighted by Gasteiger charge is -2.17. The molecule has 1 fully saturated rings. The highest BCUT2D eigenvalue weighted by Gasteiger charge is 2.30. The zero-order valence-electron chi connectivity index (χ0n) is 12.5. The number of rotatable bonds is 8. The van der Waals surface area contributed by atoms with Crippen LogP contribution in [-0.4, -0.2) is 51.8 Å². The van der Waals surface area contributed by atoms with Gasteiger partial charge in [0.15, 0.2) is 0 Å². The molecule has 7 nitrogen and oxygen atoms in total. The average molecular weight is 294 g/mol. The topological polar surface area (TPSA) is 87.5 Å². The van der Waals surface area contributed by atoms with Crippen molar-refractivity contribution in [2.24, 2.45) is 5.92 Å². The summed E-state index contributed by atoms with van der Waals surface area (Å²) >= 11 is 0. The van der Waals surface area contributed by atoms with Gasteiger partial charge in [0.25, 0.3) is 0 Å². The summed E-state index contributed by atoms with van der Waals surface area (Å²) in [5.41, 5.74) is 0. The quantitative estimate of drug-likeness (QED) is 0.752. The van der Waals surface area contributed by atoms with E-state index in [0.717, 1.165) is 0 Å². The smallest absolute Gasteiger partial charge is 0.304 e. The van der Waals surface area contributed by atoms with E-state index in [9.17, 15) is 9.59 Å². The molecule has 1 atom stereocenters. The lowest BCUT2D eigenvalue weighted by molar-refractivity contribution is -0.137. The van der Waals surface area contributed by atoms with Gasteiger partial charge in [0.05, 0.1) is 25.2 Å². The van der Waals surface area contributed by atoms with Crippen molar-refractivity contribution in [3.05, 3.63) is 12.3 Å². The second-order valence-electron chi connectivity index (χ2n) is 5.67. The molecule has 0 aliphatic heterocycles. The molecule has 1 aliphatic rings. The van der Waals surface area contributed by atoms with Crippen LogP contribution in [0.4, 0.5) is 5.82 Å². The maximum atomic E-state index is 12.0. The van der Waals surface area contributed by atoms with Gasteiger partial charge in [0, 0.05) is 12.6 Å². The van der Waals surface area contributed by atoms with Crippen LogP contribution in [0.1, 0.15) is 32.2 Å². The minimum atomic E-state index is -0.862. The van der Waals surface area contributed by atoms with Crippen molar-refractivity contribution in [2.45, 2.75) is 32.2 Å². The van der Waals surface area contributed by atoms with Gasteiger partial charge < -0.3 is 10.4 Å². The Morgan fingerprint density at radius 3 is 2.90 bits per heavy atom. The van der Waals surface area contributed by atoms with Crippen LogP contribution in [0, 0.1) is 5.92 Å². The number of nitrogens with one attached hydrogen (secondary N) is 1.